The topological polar surface area (TPSA) is 43.1 Å². The zero-order valence-electron chi connectivity index (χ0n) is 8.26. The number of fused-ring (bicyclic) bond motifs is 1. The van der Waals surface area contributed by atoms with E-state index >= 15 is 0 Å². The van der Waals surface area contributed by atoms with Crippen LogP contribution >= 0.6 is 11.6 Å². The molecule has 3 nitrogen and oxygen atoms in total. The first-order valence-electron chi connectivity index (χ1n) is 4.68. The van der Waals surface area contributed by atoms with Gasteiger partial charge in [0.2, 0.25) is 0 Å². The van der Waals surface area contributed by atoms with E-state index in [4.69, 9.17) is 11.6 Å². The fourth-order valence-corrected chi connectivity index (χ4v) is 1.67. The van der Waals surface area contributed by atoms with Crippen molar-refractivity contribution in [1.29, 1.82) is 0 Å². The molecule has 0 aliphatic rings. The molecular weight excluding hydrogens is 226 g/mol. The lowest BCUT2D eigenvalue weighted by atomic mass is 10.0. The maximum atomic E-state index is 10.4. The van der Waals surface area contributed by atoms with Gasteiger partial charge in [0.25, 0.3) is 0 Å². The van der Waals surface area contributed by atoms with E-state index in [0.29, 0.717) is 0 Å². The molecule has 2 aromatic rings. The quantitative estimate of drug-likeness (QED) is 0.451. The largest absolute Gasteiger partial charge is 0.337 e. The zero-order valence-corrected chi connectivity index (χ0v) is 9.02. The number of hydrogen-bond acceptors (Lipinski definition) is 2. The van der Waals surface area contributed by atoms with Crippen molar-refractivity contribution < 1.29 is 4.92 Å². The van der Waals surface area contributed by atoms with Gasteiger partial charge in [-0.05, 0) is 27.9 Å². The molecule has 0 atom stereocenters. The molecule has 0 saturated heterocycles. The van der Waals surface area contributed by atoms with E-state index in [1.165, 1.54) is 6.08 Å². The zero-order chi connectivity index (χ0) is 11.5. The highest BCUT2D eigenvalue weighted by atomic mass is 35.5. The van der Waals surface area contributed by atoms with E-state index in [2.05, 4.69) is 0 Å². The van der Waals surface area contributed by atoms with Gasteiger partial charge in [-0.1, -0.05) is 42.5 Å². The van der Waals surface area contributed by atoms with Crippen LogP contribution in [0.15, 0.2) is 47.6 Å². The van der Waals surface area contributed by atoms with Gasteiger partial charge in [-0.2, -0.15) is 0 Å². The van der Waals surface area contributed by atoms with Crippen LogP contribution in [0.3, 0.4) is 0 Å². The van der Waals surface area contributed by atoms with E-state index in [1.54, 1.807) is 6.07 Å². The fourth-order valence-electron chi connectivity index (χ4n) is 1.56. The third kappa shape index (κ3) is 2.04. The van der Waals surface area contributed by atoms with Gasteiger partial charge in [0.05, 0.1) is 4.92 Å². The summed E-state index contributed by atoms with van der Waals surface area (Å²) in [4.78, 5) is 9.84. The van der Waals surface area contributed by atoms with Crippen molar-refractivity contribution in [1.82, 2.24) is 0 Å². The molecule has 0 fully saturated rings. The van der Waals surface area contributed by atoms with Crippen molar-refractivity contribution in [2.75, 3.05) is 0 Å². The molecule has 16 heavy (non-hydrogen) atoms. The molecule has 80 valence electrons. The first-order valence-corrected chi connectivity index (χ1v) is 5.05. The van der Waals surface area contributed by atoms with Crippen LogP contribution in [-0.2, 0) is 0 Å². The highest BCUT2D eigenvalue weighted by Gasteiger charge is 2.06. The standard InChI is InChI=1S/C12H8ClNO2/c13-12(14(15)16)8-10-6-3-5-9-4-1-2-7-11(9)10/h1-8H. The summed E-state index contributed by atoms with van der Waals surface area (Å²) >= 11 is 5.51. The molecule has 0 amide bonds. The molecule has 0 saturated carbocycles. The molecule has 2 aromatic carbocycles. The molecule has 0 bridgehead atoms. The summed E-state index contributed by atoms with van der Waals surface area (Å²) in [6, 6.07) is 13.3. The third-order valence-electron chi connectivity index (χ3n) is 2.27. The van der Waals surface area contributed by atoms with Crippen LogP contribution in [0.2, 0.25) is 0 Å². The maximum Gasteiger partial charge on any atom is 0.337 e. The minimum atomic E-state index is -0.608. The predicted molar refractivity (Wildman–Crippen MR) is 64.8 cm³/mol. The number of benzene rings is 2. The Morgan fingerprint density at radius 2 is 1.88 bits per heavy atom. The van der Waals surface area contributed by atoms with E-state index < -0.39 is 4.92 Å². The van der Waals surface area contributed by atoms with Gasteiger partial charge in [0.15, 0.2) is 0 Å². The molecular formula is C12H8ClNO2. The number of nitro groups is 1. The Bertz CT molecular complexity index is 573. The van der Waals surface area contributed by atoms with Gasteiger partial charge in [0.1, 0.15) is 0 Å². The second-order valence-electron chi connectivity index (χ2n) is 3.29. The van der Waals surface area contributed by atoms with Gasteiger partial charge < -0.3 is 0 Å². The Hall–Kier alpha value is -1.87. The van der Waals surface area contributed by atoms with Crippen molar-refractivity contribution in [3.63, 3.8) is 0 Å². The van der Waals surface area contributed by atoms with Crippen LogP contribution in [0.5, 0.6) is 0 Å². The smallest absolute Gasteiger partial charge is 0.257 e. The molecule has 0 aliphatic heterocycles. The van der Waals surface area contributed by atoms with Crippen LogP contribution in [0, 0.1) is 10.1 Å². The molecule has 0 aromatic heterocycles. The Morgan fingerprint density at radius 1 is 1.19 bits per heavy atom. The van der Waals surface area contributed by atoms with Gasteiger partial charge in [-0.15, -0.1) is 0 Å². The highest BCUT2D eigenvalue weighted by Crippen LogP contribution is 2.21. The van der Waals surface area contributed by atoms with Crippen LogP contribution in [0.1, 0.15) is 5.56 Å². The van der Waals surface area contributed by atoms with E-state index in [1.807, 2.05) is 36.4 Å². The summed E-state index contributed by atoms with van der Waals surface area (Å²) in [7, 11) is 0. The molecule has 0 radical (unpaired) electrons. The molecule has 0 spiro atoms. The second kappa shape index (κ2) is 4.33. The van der Waals surface area contributed by atoms with Crippen LogP contribution in [0.4, 0.5) is 0 Å². The summed E-state index contributed by atoms with van der Waals surface area (Å²) < 4.78 is 0. The second-order valence-corrected chi connectivity index (χ2v) is 3.68. The van der Waals surface area contributed by atoms with Crippen LogP contribution in [0.25, 0.3) is 16.8 Å². The number of hydrogen-bond donors (Lipinski definition) is 0. The Labute approximate surface area is 97.1 Å². The summed E-state index contributed by atoms with van der Waals surface area (Å²) in [5.41, 5.74) is 0.750. The molecule has 0 aliphatic carbocycles. The normalized spacial score (nSPS) is 11.7. The van der Waals surface area contributed by atoms with Gasteiger partial charge in [-0.25, -0.2) is 0 Å². The lowest BCUT2D eigenvalue weighted by molar-refractivity contribution is -0.410. The number of nitrogens with zero attached hydrogens (tertiary/aromatic N) is 1. The monoisotopic (exact) mass is 233 g/mol. The summed E-state index contributed by atoms with van der Waals surface area (Å²) in [5.74, 6) is 0. The van der Waals surface area contributed by atoms with Crippen LogP contribution in [-0.4, -0.2) is 4.92 Å². The molecule has 2 rings (SSSR count). The summed E-state index contributed by atoms with van der Waals surface area (Å²) in [6.07, 6.45) is 1.36. The minimum absolute atomic E-state index is 0.378. The molecule has 0 N–H and O–H groups in total. The Balaban J connectivity index is 2.61. The lowest BCUT2D eigenvalue weighted by Gasteiger charge is -2.00. The average Bonchev–Trinajstić information content (AvgIpc) is 2.29. The van der Waals surface area contributed by atoms with E-state index in [0.717, 1.165) is 16.3 Å². The van der Waals surface area contributed by atoms with Crippen molar-refractivity contribution >= 4 is 28.4 Å². The highest BCUT2D eigenvalue weighted by molar-refractivity contribution is 6.30. The van der Waals surface area contributed by atoms with Crippen molar-refractivity contribution in [3.05, 3.63) is 63.3 Å². The summed E-state index contributed by atoms with van der Waals surface area (Å²) in [6.45, 7) is 0. The van der Waals surface area contributed by atoms with Gasteiger partial charge in [0, 0.05) is 6.08 Å². The van der Waals surface area contributed by atoms with Crippen molar-refractivity contribution in [3.8, 4) is 0 Å². The molecule has 0 unspecified atom stereocenters. The average molecular weight is 234 g/mol. The Morgan fingerprint density at radius 3 is 2.62 bits per heavy atom. The first-order chi connectivity index (χ1) is 7.68. The SMILES string of the molecule is O=[N+]([O-])C(Cl)=Cc1cccc2ccccc12. The van der Waals surface area contributed by atoms with Gasteiger partial charge >= 0.3 is 5.16 Å². The van der Waals surface area contributed by atoms with E-state index in [9.17, 15) is 10.1 Å². The first kappa shape index (κ1) is 10.6. The number of halogens is 1. The van der Waals surface area contributed by atoms with Gasteiger partial charge in [-0.3, -0.25) is 10.1 Å². The molecule has 0 heterocycles. The summed E-state index contributed by atoms with van der Waals surface area (Å²) in [5, 5.41) is 12.0. The Kier molecular flexibility index (Phi) is 2.88. The number of rotatable bonds is 2. The fraction of sp³-hybridized carbons (Fsp3) is 0. The lowest BCUT2D eigenvalue weighted by Crippen LogP contribution is -1.90. The third-order valence-corrected chi connectivity index (χ3v) is 2.52. The minimum Gasteiger partial charge on any atom is -0.257 e. The predicted octanol–water partition coefficient (Wildman–Crippen LogP) is 3.65. The molecule has 4 heteroatoms. The van der Waals surface area contributed by atoms with E-state index in [-0.39, 0.29) is 5.16 Å². The van der Waals surface area contributed by atoms with Crippen molar-refractivity contribution in [2.24, 2.45) is 0 Å². The maximum absolute atomic E-state index is 10.4. The van der Waals surface area contributed by atoms with Crippen LogP contribution < -0.4 is 0 Å². The van der Waals surface area contributed by atoms with Crippen molar-refractivity contribution in [2.45, 2.75) is 0 Å².